The number of anilines is 1. The number of hydrogen-bond donors (Lipinski definition) is 8. The van der Waals surface area contributed by atoms with Gasteiger partial charge in [-0.15, -0.1) is 11.6 Å². The summed E-state index contributed by atoms with van der Waals surface area (Å²) in [5.74, 6) is -1.06. The van der Waals surface area contributed by atoms with Gasteiger partial charge in [0.2, 0.25) is 17.9 Å². The second-order valence-electron chi connectivity index (χ2n) is 24.3. The maximum atomic E-state index is 14.9. The summed E-state index contributed by atoms with van der Waals surface area (Å²) >= 11 is 6.74. The molecule has 9 N–H and O–H groups in total. The number of carbonyl (C=O) groups is 7. The number of urea groups is 1. The van der Waals surface area contributed by atoms with E-state index in [1.165, 1.54) is 0 Å². The summed E-state index contributed by atoms with van der Waals surface area (Å²) in [6.45, 7) is 12.3. The fraction of sp³-hybridized carbons (Fsp3) is 0.507. The molecular weight excluding hydrogens is 1220 g/mol. The first-order valence-corrected chi connectivity index (χ1v) is 32.0. The van der Waals surface area contributed by atoms with Gasteiger partial charge in [0.25, 0.3) is 11.8 Å². The zero-order chi connectivity index (χ0) is 67.0. The van der Waals surface area contributed by atoms with Crippen molar-refractivity contribution < 1.29 is 71.5 Å². The van der Waals surface area contributed by atoms with Crippen LogP contribution < -0.4 is 56.7 Å². The molecule has 1 aromatic heterocycles. The first-order chi connectivity index (χ1) is 44.6. The van der Waals surface area contributed by atoms with Gasteiger partial charge >= 0.3 is 18.2 Å². The lowest BCUT2D eigenvalue weighted by Crippen LogP contribution is -2.56. The zero-order valence-corrected chi connectivity index (χ0v) is 55.2. The number of hydrogen-bond acceptors (Lipinski definition) is 16. The van der Waals surface area contributed by atoms with Gasteiger partial charge in [0.05, 0.1) is 65.1 Å². The largest absolute Gasteiger partial charge is 0.493 e. The molecule has 26 heteroatoms. The number of alkyl carbamates (subject to hydrolysis) is 2. The van der Waals surface area contributed by atoms with Gasteiger partial charge < -0.3 is 90.3 Å². The zero-order valence-electron chi connectivity index (χ0n) is 54.4. The highest BCUT2D eigenvalue weighted by molar-refractivity contribution is 6.19. The fourth-order valence-electron chi connectivity index (χ4n) is 10.6. The summed E-state index contributed by atoms with van der Waals surface area (Å²) < 4.78 is 46.3. The number of alkyl halides is 1. The summed E-state index contributed by atoms with van der Waals surface area (Å²) in [7, 11) is 5.48. The van der Waals surface area contributed by atoms with E-state index in [0.29, 0.717) is 77.9 Å². The molecule has 0 spiro atoms. The molecule has 0 radical (unpaired) electrons. The van der Waals surface area contributed by atoms with Crippen molar-refractivity contribution in [2.45, 2.75) is 96.1 Å². The Morgan fingerprint density at radius 1 is 0.785 bits per heavy atom. The van der Waals surface area contributed by atoms with Gasteiger partial charge in [-0.2, -0.15) is 0 Å². The Hall–Kier alpha value is -8.36. The molecule has 25 nitrogen and oxygen atoms in total. The Bertz CT molecular complexity index is 3340. The lowest BCUT2D eigenvalue weighted by molar-refractivity contribution is -0.131. The van der Waals surface area contributed by atoms with Gasteiger partial charge in [-0.05, 0) is 95.1 Å². The quantitative estimate of drug-likeness (QED) is 0.0172. The van der Waals surface area contributed by atoms with Gasteiger partial charge in [-0.3, -0.25) is 19.2 Å². The minimum Gasteiger partial charge on any atom is -0.493 e. The minimum absolute atomic E-state index is 0.000606. The standard InChI is InChI=1S/C67H91ClN10O15/c1-42(2)58(76-66(85)91-41-43-15-10-9-11-16-43)61(80)75-50(19-14-24-71-64(69)83)60(79)73-47-22-20-44(21-23-47)59(62(81)70-25-28-87-31-33-89-34-32-88-29-26-72-65(84)93-67(3,4)5)92-54-38-53-57(49-18-13-12-17-48(49)54)46(39-68)40-78(53)63(82)52-35-45-36-56(90-30-27-77(6)7)55(86-8)37-51(45)74-52/h9-13,15,17-18,20-22,35-38,42-43,46-47,50,58-59,74H,14,16,19,23-34,39-41H2,1-8H3,(H,70,81)(H,72,84)(H,73,79)(H,75,80)(H,76,85)(H3,69,71,83). The van der Waals surface area contributed by atoms with Crippen LogP contribution in [0.1, 0.15) is 82.3 Å². The second kappa shape index (κ2) is 35.6. The van der Waals surface area contributed by atoms with Gasteiger partial charge in [0.1, 0.15) is 35.7 Å². The fourth-order valence-corrected chi connectivity index (χ4v) is 10.8. The van der Waals surface area contributed by atoms with E-state index >= 15 is 0 Å². The Kier molecular flexibility index (Phi) is 27.6. The lowest BCUT2D eigenvalue weighted by Gasteiger charge is -2.28. The molecule has 0 fully saturated rings. The van der Waals surface area contributed by atoms with Crippen LogP contribution in [0.5, 0.6) is 17.2 Å². The van der Waals surface area contributed by atoms with Crippen molar-refractivity contribution in [2.24, 2.45) is 17.6 Å². The topological polar surface area (TPSA) is 314 Å². The van der Waals surface area contributed by atoms with Crippen molar-refractivity contribution in [3.05, 3.63) is 108 Å². The van der Waals surface area contributed by atoms with Crippen molar-refractivity contribution in [1.29, 1.82) is 0 Å². The number of fused-ring (bicyclic) bond motifs is 4. The highest BCUT2D eigenvalue weighted by Crippen LogP contribution is 2.47. The summed E-state index contributed by atoms with van der Waals surface area (Å²) in [5, 5.41) is 18.8. The number of nitrogens with zero attached hydrogens (tertiary/aromatic N) is 2. The van der Waals surface area contributed by atoms with Gasteiger partial charge in [-0.1, -0.05) is 80.6 Å². The summed E-state index contributed by atoms with van der Waals surface area (Å²) in [6.07, 6.45) is 11.6. The van der Waals surface area contributed by atoms with Crippen LogP contribution in [0.2, 0.25) is 0 Å². The predicted octanol–water partition coefficient (Wildman–Crippen LogP) is 6.88. The van der Waals surface area contributed by atoms with Crippen LogP contribution in [-0.2, 0) is 38.1 Å². The van der Waals surface area contributed by atoms with Crippen molar-refractivity contribution in [2.75, 3.05) is 118 Å². The molecule has 1 aliphatic heterocycles. The third-order valence-corrected chi connectivity index (χ3v) is 15.6. The van der Waals surface area contributed by atoms with E-state index in [2.05, 4.69) is 36.9 Å². The number of methoxy groups -OCH3 is 1. The molecule has 6 atom stereocenters. The number of halogens is 1. The smallest absolute Gasteiger partial charge is 0.407 e. The number of nitrogens with one attached hydrogen (secondary N) is 7. The molecule has 6 unspecified atom stereocenters. The molecule has 8 amide bonds. The first-order valence-electron chi connectivity index (χ1n) is 31.5. The number of H-pyrrole nitrogens is 1. The van der Waals surface area contributed by atoms with Crippen molar-refractivity contribution in [1.82, 2.24) is 41.8 Å². The number of likely N-dealkylation sites (N-methyl/N-ethyl adjacent to an activating group) is 1. The monoisotopic (exact) mass is 1310 g/mol. The lowest BCUT2D eigenvalue weighted by atomic mass is 9.95. The average Bonchev–Trinajstić information content (AvgIpc) is 1.63. The normalized spacial score (nSPS) is 16.9. The van der Waals surface area contributed by atoms with E-state index in [4.69, 9.17) is 55.2 Å². The van der Waals surface area contributed by atoms with Crippen LogP contribution in [0.3, 0.4) is 0 Å². The first kappa shape index (κ1) is 72.1. The number of allylic oxidation sites excluding steroid dienone is 3. The molecular formula is C67H91ClN10O15. The average molecular weight is 1310 g/mol. The predicted molar refractivity (Wildman–Crippen MR) is 354 cm³/mol. The van der Waals surface area contributed by atoms with Crippen molar-refractivity contribution in [3.8, 4) is 17.2 Å². The number of ether oxygens (including phenoxy) is 8. The molecule has 0 bridgehead atoms. The Morgan fingerprint density at radius 2 is 1.51 bits per heavy atom. The number of aromatic amines is 1. The SMILES string of the molecule is COc1cc2[nH]c(C(=O)N3CC(CCl)c4c3cc(OC(C(=O)NCCOCCOCCOCCNC(=O)OC(C)(C)C)C3=CCC(NC(=O)C(CCCNC(N)=O)NC(=O)C(NC(=O)OCC5C=CC=CC5)C(C)C)C=C3)c3ccccc43)cc2cc1OCCN(C)C. The van der Waals surface area contributed by atoms with Crippen LogP contribution in [0.4, 0.5) is 20.1 Å². The van der Waals surface area contributed by atoms with Crippen molar-refractivity contribution >= 4 is 80.8 Å². The Balaban J connectivity index is 1.07. The maximum Gasteiger partial charge on any atom is 0.407 e. The highest BCUT2D eigenvalue weighted by Gasteiger charge is 2.38. The third kappa shape index (κ3) is 21.9. The van der Waals surface area contributed by atoms with E-state index in [9.17, 15) is 33.6 Å². The van der Waals surface area contributed by atoms with Crippen LogP contribution in [0.25, 0.3) is 21.7 Å². The number of aromatic nitrogens is 1. The third-order valence-electron chi connectivity index (χ3n) is 15.3. The number of benzene rings is 3. The van der Waals surface area contributed by atoms with Crippen LogP contribution in [-0.4, -0.2) is 194 Å². The molecule has 506 valence electrons. The summed E-state index contributed by atoms with van der Waals surface area (Å²) in [6, 6.07) is 11.3. The molecule has 4 aromatic rings. The van der Waals surface area contributed by atoms with E-state index in [-0.39, 0.29) is 102 Å². The Morgan fingerprint density at radius 3 is 2.15 bits per heavy atom. The van der Waals surface area contributed by atoms with E-state index in [0.717, 1.165) is 16.3 Å². The number of rotatable bonds is 35. The minimum atomic E-state index is -1.28. The number of nitrogens with two attached hydrogens (primary N) is 1. The second-order valence-corrected chi connectivity index (χ2v) is 24.6. The highest BCUT2D eigenvalue weighted by atomic mass is 35.5. The van der Waals surface area contributed by atoms with Gasteiger partial charge in [0.15, 0.2) is 11.5 Å². The number of primary amides is 1. The van der Waals surface area contributed by atoms with Gasteiger partial charge in [-0.25, -0.2) is 14.4 Å². The molecule has 2 aliphatic carbocycles. The van der Waals surface area contributed by atoms with E-state index in [1.54, 1.807) is 83.1 Å². The van der Waals surface area contributed by atoms with E-state index in [1.807, 2.05) is 73.6 Å². The molecule has 3 aromatic carbocycles. The molecule has 3 aliphatic rings. The van der Waals surface area contributed by atoms with E-state index < -0.39 is 71.7 Å². The summed E-state index contributed by atoms with van der Waals surface area (Å²) in [4.78, 5) is 101. The van der Waals surface area contributed by atoms with Crippen LogP contribution >= 0.6 is 11.6 Å². The summed E-state index contributed by atoms with van der Waals surface area (Å²) in [5.41, 5.74) is 7.58. The Labute approximate surface area is 548 Å². The van der Waals surface area contributed by atoms with Crippen LogP contribution in [0.15, 0.2) is 96.6 Å². The number of amides is 8. The molecule has 93 heavy (non-hydrogen) atoms. The van der Waals surface area contributed by atoms with Crippen molar-refractivity contribution in [3.63, 3.8) is 0 Å². The molecule has 0 saturated carbocycles. The van der Waals surface area contributed by atoms with Crippen LogP contribution in [0, 0.1) is 11.8 Å². The molecule has 2 heterocycles. The molecule has 7 rings (SSSR count). The van der Waals surface area contributed by atoms with Gasteiger partial charge in [0, 0.05) is 78.9 Å². The maximum absolute atomic E-state index is 14.9. The number of carbonyl (C=O) groups excluding carboxylic acids is 7. The molecule has 0 saturated heterocycles.